The second-order valence-electron chi connectivity index (χ2n) is 7.46. The van der Waals surface area contributed by atoms with Gasteiger partial charge in [-0.3, -0.25) is 4.78 Å². The molecule has 6 nitrogen and oxygen atoms in total. The van der Waals surface area contributed by atoms with E-state index in [1.54, 1.807) is 25.1 Å². The first-order valence-electron chi connectivity index (χ1n) is 10.1. The lowest BCUT2D eigenvalue weighted by molar-refractivity contribution is 0.260. The SMILES string of the molecule is Cc1ncc(F)c(-c2ccc(F)c(OCCCCOc3cccc(CS(C)(=N)=O)c3)c2)n1. The Morgan fingerprint density at radius 2 is 1.78 bits per heavy atom. The molecule has 1 heterocycles. The third kappa shape index (κ3) is 6.98. The van der Waals surface area contributed by atoms with Crippen molar-refractivity contribution in [1.82, 2.24) is 9.97 Å². The van der Waals surface area contributed by atoms with E-state index in [1.807, 2.05) is 6.07 Å². The molecule has 0 saturated carbocycles. The molecule has 0 aliphatic heterocycles. The standard InChI is InChI=1S/C23H25F2N3O3S/c1-16-27-14-21(25)23(28-16)18-8-9-20(24)22(13-18)31-11-4-3-10-30-19-7-5-6-17(12-19)15-32(2,26)29/h5-9,12-14,26H,3-4,10-11,15H2,1-2H3. The van der Waals surface area contributed by atoms with Crippen molar-refractivity contribution in [2.75, 3.05) is 19.5 Å². The lowest BCUT2D eigenvalue weighted by atomic mass is 10.1. The molecule has 170 valence electrons. The maximum absolute atomic E-state index is 14.1. The molecule has 0 spiro atoms. The van der Waals surface area contributed by atoms with Crippen LogP contribution in [0.1, 0.15) is 24.2 Å². The summed E-state index contributed by atoms with van der Waals surface area (Å²) >= 11 is 0. The summed E-state index contributed by atoms with van der Waals surface area (Å²) in [5.74, 6) is 0.162. The number of hydrogen-bond acceptors (Lipinski definition) is 6. The molecule has 0 saturated heterocycles. The van der Waals surface area contributed by atoms with E-state index in [2.05, 4.69) is 9.97 Å². The lowest BCUT2D eigenvalue weighted by Crippen LogP contribution is -2.04. The van der Waals surface area contributed by atoms with Crippen LogP contribution in [-0.4, -0.2) is 33.6 Å². The normalized spacial score (nSPS) is 12.9. The maximum Gasteiger partial charge on any atom is 0.167 e. The highest BCUT2D eigenvalue weighted by molar-refractivity contribution is 7.90. The topological polar surface area (TPSA) is 85.2 Å². The van der Waals surface area contributed by atoms with Crippen molar-refractivity contribution in [3.05, 3.63) is 71.7 Å². The Labute approximate surface area is 186 Å². The molecule has 32 heavy (non-hydrogen) atoms. The molecule has 0 aliphatic carbocycles. The Kier molecular flexibility index (Phi) is 7.74. The summed E-state index contributed by atoms with van der Waals surface area (Å²) < 4.78 is 58.6. The second kappa shape index (κ2) is 10.5. The first-order valence-corrected chi connectivity index (χ1v) is 12.2. The number of hydrogen-bond donors (Lipinski definition) is 1. The van der Waals surface area contributed by atoms with Crippen molar-refractivity contribution in [3.63, 3.8) is 0 Å². The van der Waals surface area contributed by atoms with E-state index in [0.29, 0.717) is 36.6 Å². The number of aryl methyl sites for hydroxylation is 1. The highest BCUT2D eigenvalue weighted by Gasteiger charge is 2.12. The Bertz CT molecular complexity index is 1190. The van der Waals surface area contributed by atoms with Crippen molar-refractivity contribution in [2.45, 2.75) is 25.5 Å². The Morgan fingerprint density at radius 3 is 2.53 bits per heavy atom. The molecule has 0 radical (unpaired) electrons. The number of nitrogens with one attached hydrogen (secondary N) is 1. The zero-order valence-corrected chi connectivity index (χ0v) is 18.8. The summed E-state index contributed by atoms with van der Waals surface area (Å²) in [7, 11) is -2.61. The molecule has 0 bridgehead atoms. The fourth-order valence-corrected chi connectivity index (χ4v) is 3.85. The predicted molar refractivity (Wildman–Crippen MR) is 119 cm³/mol. The first kappa shape index (κ1) is 23.6. The number of rotatable bonds is 10. The van der Waals surface area contributed by atoms with Crippen molar-refractivity contribution >= 4 is 9.73 Å². The van der Waals surface area contributed by atoms with Crippen LogP contribution < -0.4 is 9.47 Å². The molecule has 0 amide bonds. The molecular weight excluding hydrogens is 436 g/mol. The van der Waals surface area contributed by atoms with E-state index in [9.17, 15) is 13.0 Å². The average Bonchev–Trinajstić information content (AvgIpc) is 2.72. The quantitative estimate of drug-likeness (QED) is 0.422. The molecule has 2 aromatic carbocycles. The van der Waals surface area contributed by atoms with E-state index >= 15 is 0 Å². The lowest BCUT2D eigenvalue weighted by Gasteiger charge is -2.11. The second-order valence-corrected chi connectivity index (χ2v) is 9.76. The number of benzene rings is 2. The molecule has 1 aromatic heterocycles. The van der Waals surface area contributed by atoms with Gasteiger partial charge in [0.05, 0.1) is 25.2 Å². The molecule has 3 aromatic rings. The average molecular weight is 462 g/mol. The van der Waals surface area contributed by atoms with Gasteiger partial charge < -0.3 is 9.47 Å². The first-order chi connectivity index (χ1) is 15.2. The molecule has 1 N–H and O–H groups in total. The van der Waals surface area contributed by atoms with Gasteiger partial charge in [-0.25, -0.2) is 23.0 Å². The molecule has 0 aliphatic rings. The van der Waals surface area contributed by atoms with Gasteiger partial charge in [0.15, 0.2) is 17.4 Å². The van der Waals surface area contributed by atoms with E-state index in [-0.39, 0.29) is 23.8 Å². The van der Waals surface area contributed by atoms with Gasteiger partial charge in [-0.1, -0.05) is 12.1 Å². The van der Waals surface area contributed by atoms with Crippen LogP contribution in [0.5, 0.6) is 11.5 Å². The van der Waals surface area contributed by atoms with Crippen molar-refractivity contribution in [1.29, 1.82) is 4.78 Å². The number of aromatic nitrogens is 2. The van der Waals surface area contributed by atoms with E-state index in [4.69, 9.17) is 14.3 Å². The third-order valence-corrected chi connectivity index (χ3v) is 5.36. The number of unbranched alkanes of at least 4 members (excludes halogenated alkanes) is 1. The summed E-state index contributed by atoms with van der Waals surface area (Å²) in [5.41, 5.74) is 1.30. The van der Waals surface area contributed by atoms with Crippen molar-refractivity contribution < 1.29 is 22.5 Å². The van der Waals surface area contributed by atoms with Crippen LogP contribution in [0.3, 0.4) is 0 Å². The minimum Gasteiger partial charge on any atom is -0.494 e. The van der Waals surface area contributed by atoms with Gasteiger partial charge in [0.2, 0.25) is 0 Å². The summed E-state index contributed by atoms with van der Waals surface area (Å²) in [6, 6.07) is 11.3. The van der Waals surface area contributed by atoms with Gasteiger partial charge in [0.1, 0.15) is 17.3 Å². The smallest absolute Gasteiger partial charge is 0.167 e. The fraction of sp³-hybridized carbons (Fsp3) is 0.304. The van der Waals surface area contributed by atoms with Gasteiger partial charge in [-0.2, -0.15) is 0 Å². The van der Waals surface area contributed by atoms with E-state index in [0.717, 1.165) is 11.8 Å². The van der Waals surface area contributed by atoms with Gasteiger partial charge in [0, 0.05) is 21.5 Å². The van der Waals surface area contributed by atoms with Gasteiger partial charge in [0.25, 0.3) is 0 Å². The molecule has 1 unspecified atom stereocenters. The minimum absolute atomic E-state index is 0.0327. The molecule has 9 heteroatoms. The van der Waals surface area contributed by atoms with Crippen LogP contribution in [0.4, 0.5) is 8.78 Å². The summed E-state index contributed by atoms with van der Waals surface area (Å²) in [6.07, 6.45) is 3.79. The molecule has 1 atom stereocenters. The number of nitrogens with zero attached hydrogens (tertiary/aromatic N) is 2. The zero-order valence-electron chi connectivity index (χ0n) is 17.9. The Morgan fingerprint density at radius 1 is 1.03 bits per heavy atom. The van der Waals surface area contributed by atoms with Crippen LogP contribution in [0.25, 0.3) is 11.3 Å². The van der Waals surface area contributed by atoms with E-state index in [1.165, 1.54) is 24.5 Å². The summed E-state index contributed by atoms with van der Waals surface area (Å²) in [4.78, 5) is 7.88. The maximum atomic E-state index is 14.1. The van der Waals surface area contributed by atoms with Crippen molar-refractivity contribution in [2.24, 2.45) is 0 Å². The Balaban J connectivity index is 1.49. The highest BCUT2D eigenvalue weighted by Crippen LogP contribution is 2.27. The summed E-state index contributed by atoms with van der Waals surface area (Å²) in [6.45, 7) is 2.36. The van der Waals surface area contributed by atoms with Crippen LogP contribution in [0.15, 0.2) is 48.7 Å². The fourth-order valence-electron chi connectivity index (χ4n) is 3.04. The molecule has 0 fully saturated rings. The van der Waals surface area contributed by atoms with E-state index < -0.39 is 21.4 Å². The Hall–Kier alpha value is -3.07. The van der Waals surface area contributed by atoms with Crippen molar-refractivity contribution in [3.8, 4) is 22.8 Å². The number of halogens is 2. The zero-order chi connectivity index (χ0) is 23.1. The van der Waals surface area contributed by atoms with Crippen LogP contribution in [-0.2, 0) is 15.5 Å². The molecule has 3 rings (SSSR count). The van der Waals surface area contributed by atoms with Gasteiger partial charge in [-0.15, -0.1) is 0 Å². The minimum atomic E-state index is -2.61. The predicted octanol–water partition coefficient (Wildman–Crippen LogP) is 5.14. The molecular formula is C23H25F2N3O3S. The van der Waals surface area contributed by atoms with Gasteiger partial charge >= 0.3 is 0 Å². The monoisotopic (exact) mass is 461 g/mol. The van der Waals surface area contributed by atoms with Gasteiger partial charge in [-0.05, 0) is 55.7 Å². The van der Waals surface area contributed by atoms with Crippen LogP contribution in [0, 0.1) is 23.3 Å². The number of ether oxygens (including phenoxy) is 2. The third-order valence-electron chi connectivity index (χ3n) is 4.47. The van der Waals surface area contributed by atoms with Crippen LogP contribution in [0.2, 0.25) is 0 Å². The highest BCUT2D eigenvalue weighted by atomic mass is 32.2. The largest absolute Gasteiger partial charge is 0.494 e. The van der Waals surface area contributed by atoms with Crippen LogP contribution >= 0.6 is 0 Å². The summed E-state index contributed by atoms with van der Waals surface area (Å²) in [5, 5.41) is 0.